The molecule has 0 N–H and O–H groups in total. The van der Waals surface area contributed by atoms with Gasteiger partial charge in [0.05, 0.1) is 11.2 Å². The van der Waals surface area contributed by atoms with Gasteiger partial charge in [-0.15, -0.1) is 0 Å². The quantitative estimate of drug-likeness (QED) is 0.215. The maximum Gasteiger partial charge on any atom is 0.494 e. The minimum Gasteiger partial charge on any atom is -0.399 e. The molecule has 0 atom stereocenters. The molecule has 0 amide bonds. The topological polar surface area (TPSA) is 18.5 Å². The van der Waals surface area contributed by atoms with Gasteiger partial charge in [-0.1, -0.05) is 105 Å². The molecule has 0 spiro atoms. The van der Waals surface area contributed by atoms with Gasteiger partial charge in [-0.25, -0.2) is 0 Å². The van der Waals surface area contributed by atoms with Gasteiger partial charge in [0.15, 0.2) is 0 Å². The summed E-state index contributed by atoms with van der Waals surface area (Å²) in [5, 5.41) is 1.43. The fourth-order valence-electron chi connectivity index (χ4n) is 3.80. The minimum absolute atomic E-state index is 0.300. The highest BCUT2D eigenvalue weighted by Crippen LogP contribution is 2.39. The van der Waals surface area contributed by atoms with Crippen LogP contribution in [0.25, 0.3) is 0 Å². The van der Waals surface area contributed by atoms with Crippen LogP contribution in [0.5, 0.6) is 0 Å². The van der Waals surface area contributed by atoms with Gasteiger partial charge in [-0.05, 0) is 46.0 Å². The first-order valence-electron chi connectivity index (χ1n) is 11.9. The molecular formula is C26H43BO2Si. The van der Waals surface area contributed by atoms with Crippen molar-refractivity contribution >= 4 is 20.4 Å². The molecule has 1 aromatic rings. The van der Waals surface area contributed by atoms with Crippen LogP contribution in [-0.2, 0) is 9.31 Å². The van der Waals surface area contributed by atoms with Crippen LogP contribution in [0, 0.1) is 0 Å². The number of hydrogen-bond acceptors (Lipinski definition) is 2. The van der Waals surface area contributed by atoms with E-state index < -0.39 is 8.07 Å². The summed E-state index contributed by atoms with van der Waals surface area (Å²) >= 11 is 0. The van der Waals surface area contributed by atoms with Gasteiger partial charge in [0, 0.05) is 0 Å². The second kappa shape index (κ2) is 11.0. The fraction of sp³-hybridized carbons (Fsp3) is 0.615. The Morgan fingerprint density at radius 1 is 0.900 bits per heavy atom. The molecule has 2 rings (SSSR count). The predicted molar refractivity (Wildman–Crippen MR) is 135 cm³/mol. The molecule has 0 unspecified atom stereocenters. The standard InChI is InChI=1S/C26H43BO2Si/c1-8-9-10-11-12-13-14-16-19-23(27-28-25(2,3)26(4,5)29-27)22-30(6,7)24-20-17-15-18-21-24/h15-22H,8-14H2,1-7H3/b19-16+,23-22+. The predicted octanol–water partition coefficient (Wildman–Crippen LogP) is 7.01. The van der Waals surface area contributed by atoms with E-state index in [2.05, 4.69) is 95.9 Å². The van der Waals surface area contributed by atoms with E-state index in [0.717, 1.165) is 6.42 Å². The molecule has 1 fully saturated rings. The maximum absolute atomic E-state index is 6.41. The molecule has 1 saturated heterocycles. The Bertz CT molecular complexity index is 691. The van der Waals surface area contributed by atoms with E-state index >= 15 is 0 Å². The Labute approximate surface area is 187 Å². The largest absolute Gasteiger partial charge is 0.494 e. The summed E-state index contributed by atoms with van der Waals surface area (Å²) in [6.45, 7) is 15.6. The SMILES string of the molecule is CCCCCCCC/C=C/C(=C\[Si](C)(C)c1ccccc1)B1OC(C)(C)C(C)(C)O1. The smallest absolute Gasteiger partial charge is 0.399 e. The molecule has 4 heteroatoms. The van der Waals surface area contributed by atoms with Crippen molar-refractivity contribution in [2.75, 3.05) is 0 Å². The second-order valence-corrected chi connectivity index (χ2v) is 14.6. The van der Waals surface area contributed by atoms with E-state index in [0.29, 0.717) is 0 Å². The third kappa shape index (κ3) is 6.97. The zero-order valence-electron chi connectivity index (χ0n) is 20.5. The Morgan fingerprint density at radius 2 is 1.47 bits per heavy atom. The summed E-state index contributed by atoms with van der Waals surface area (Å²) in [5.74, 6) is 0. The van der Waals surface area contributed by atoms with Crippen molar-refractivity contribution in [3.05, 3.63) is 53.7 Å². The molecule has 0 saturated carbocycles. The molecular weight excluding hydrogens is 383 g/mol. The van der Waals surface area contributed by atoms with E-state index in [1.165, 1.54) is 49.2 Å². The third-order valence-corrected chi connectivity index (χ3v) is 9.48. The summed E-state index contributed by atoms with van der Waals surface area (Å²) in [4.78, 5) is 0. The maximum atomic E-state index is 6.41. The highest BCUT2D eigenvalue weighted by molar-refractivity contribution is 6.94. The van der Waals surface area contributed by atoms with Gasteiger partial charge in [0.25, 0.3) is 0 Å². The summed E-state index contributed by atoms with van der Waals surface area (Å²) in [6, 6.07) is 10.9. The number of unbranched alkanes of at least 4 members (excludes halogenated alkanes) is 6. The molecule has 0 aromatic heterocycles. The second-order valence-electron chi connectivity index (χ2n) is 10.3. The molecule has 0 bridgehead atoms. The van der Waals surface area contributed by atoms with E-state index in [4.69, 9.17) is 9.31 Å². The van der Waals surface area contributed by atoms with Crippen molar-refractivity contribution in [3.8, 4) is 0 Å². The minimum atomic E-state index is -1.77. The molecule has 0 aliphatic carbocycles. The summed E-state index contributed by atoms with van der Waals surface area (Å²) in [6.07, 6.45) is 13.7. The fourth-order valence-corrected chi connectivity index (χ4v) is 6.09. The van der Waals surface area contributed by atoms with Crippen LogP contribution in [0.2, 0.25) is 13.1 Å². The van der Waals surface area contributed by atoms with Crippen LogP contribution in [-0.4, -0.2) is 26.4 Å². The van der Waals surface area contributed by atoms with Crippen LogP contribution >= 0.6 is 0 Å². The van der Waals surface area contributed by atoms with Crippen molar-refractivity contribution < 1.29 is 9.31 Å². The van der Waals surface area contributed by atoms with Gasteiger partial charge in [-0.2, -0.15) is 0 Å². The lowest BCUT2D eigenvalue weighted by Gasteiger charge is -2.32. The zero-order chi connectivity index (χ0) is 22.3. The normalized spacial score (nSPS) is 19.0. The molecule has 0 radical (unpaired) electrons. The average Bonchev–Trinajstić information content (AvgIpc) is 2.91. The van der Waals surface area contributed by atoms with E-state index in [-0.39, 0.29) is 18.3 Å². The lowest BCUT2D eigenvalue weighted by atomic mass is 9.79. The molecule has 1 aromatic carbocycles. The van der Waals surface area contributed by atoms with Crippen molar-refractivity contribution in [2.24, 2.45) is 0 Å². The van der Waals surface area contributed by atoms with Gasteiger partial charge in [0.2, 0.25) is 0 Å². The average molecular weight is 427 g/mol. The Hall–Kier alpha value is -1.10. The Morgan fingerprint density at radius 3 is 2.07 bits per heavy atom. The van der Waals surface area contributed by atoms with Crippen LogP contribution in [0.4, 0.5) is 0 Å². The number of benzene rings is 1. The molecule has 1 heterocycles. The first kappa shape index (κ1) is 25.2. The highest BCUT2D eigenvalue weighted by Gasteiger charge is 2.52. The molecule has 166 valence electrons. The summed E-state index contributed by atoms with van der Waals surface area (Å²) in [5.41, 5.74) is 3.01. The van der Waals surface area contributed by atoms with E-state index in [1.54, 1.807) is 0 Å². The van der Waals surface area contributed by atoms with Gasteiger partial charge < -0.3 is 9.31 Å². The van der Waals surface area contributed by atoms with Crippen molar-refractivity contribution in [1.82, 2.24) is 0 Å². The molecule has 2 nitrogen and oxygen atoms in total. The zero-order valence-corrected chi connectivity index (χ0v) is 21.5. The lowest BCUT2D eigenvalue weighted by Crippen LogP contribution is -2.41. The molecule has 1 aliphatic rings. The van der Waals surface area contributed by atoms with Crippen molar-refractivity contribution in [2.45, 2.75) is 104 Å². The number of rotatable bonds is 11. The molecule has 1 aliphatic heterocycles. The first-order valence-corrected chi connectivity index (χ1v) is 15.0. The van der Waals surface area contributed by atoms with Crippen LogP contribution in [0.1, 0.15) is 79.6 Å². The lowest BCUT2D eigenvalue weighted by molar-refractivity contribution is 0.00578. The van der Waals surface area contributed by atoms with Crippen molar-refractivity contribution in [1.29, 1.82) is 0 Å². The summed E-state index contributed by atoms with van der Waals surface area (Å²) < 4.78 is 12.8. The van der Waals surface area contributed by atoms with Crippen LogP contribution in [0.15, 0.2) is 53.7 Å². The first-order chi connectivity index (χ1) is 14.1. The molecule has 30 heavy (non-hydrogen) atoms. The van der Waals surface area contributed by atoms with Gasteiger partial charge in [-0.3, -0.25) is 0 Å². The van der Waals surface area contributed by atoms with Gasteiger partial charge >= 0.3 is 7.12 Å². The highest BCUT2D eigenvalue weighted by atomic mass is 28.3. The van der Waals surface area contributed by atoms with Crippen LogP contribution < -0.4 is 5.19 Å². The van der Waals surface area contributed by atoms with Crippen molar-refractivity contribution in [3.63, 3.8) is 0 Å². The number of allylic oxidation sites excluding steroid dienone is 3. The van der Waals surface area contributed by atoms with E-state index in [1.807, 2.05) is 0 Å². The third-order valence-electron chi connectivity index (χ3n) is 6.61. The Kier molecular flexibility index (Phi) is 9.20. The Balaban J connectivity index is 2.14. The summed E-state index contributed by atoms with van der Waals surface area (Å²) in [7, 11) is -2.07. The van der Waals surface area contributed by atoms with Gasteiger partial charge in [0.1, 0.15) is 8.07 Å². The van der Waals surface area contributed by atoms with Crippen LogP contribution in [0.3, 0.4) is 0 Å². The monoisotopic (exact) mass is 426 g/mol. The van der Waals surface area contributed by atoms with E-state index in [9.17, 15) is 0 Å². The number of hydrogen-bond donors (Lipinski definition) is 0.